The zero-order valence-corrected chi connectivity index (χ0v) is 17.7. The summed E-state index contributed by atoms with van der Waals surface area (Å²) < 4.78 is 0. The molecule has 2 aromatic rings. The summed E-state index contributed by atoms with van der Waals surface area (Å²) in [5, 5.41) is 0. The van der Waals surface area contributed by atoms with Crippen LogP contribution < -0.4 is 0 Å². The van der Waals surface area contributed by atoms with E-state index in [0.29, 0.717) is 0 Å². The van der Waals surface area contributed by atoms with Crippen molar-refractivity contribution in [1.29, 1.82) is 0 Å². The van der Waals surface area contributed by atoms with Gasteiger partial charge in [-0.05, 0) is 0 Å². The van der Waals surface area contributed by atoms with Gasteiger partial charge in [-0.25, -0.2) is 24.3 Å². The molecular weight excluding hydrogens is 316 g/mol. The van der Waals surface area contributed by atoms with Crippen LogP contribution in [0.25, 0.3) is 0 Å². The Labute approximate surface area is 156 Å². The largest absolute Gasteiger partial charge is 2.00 e. The fourth-order valence-electron chi connectivity index (χ4n) is 1.92. The average Bonchev–Trinajstić information content (AvgIpc) is 3.18. The summed E-state index contributed by atoms with van der Waals surface area (Å²) in [5.74, 6) is 0. The van der Waals surface area contributed by atoms with Crippen molar-refractivity contribution < 1.29 is 21.7 Å². The zero-order chi connectivity index (χ0) is 15.8. The van der Waals surface area contributed by atoms with Crippen LogP contribution in [0.2, 0.25) is 13.1 Å². The number of unbranched alkanes of at least 4 members (excludes halogenated alkanes) is 2. The second-order valence-corrected chi connectivity index (χ2v) is 6.53. The summed E-state index contributed by atoms with van der Waals surface area (Å²) in [6.07, 6.45) is 7.75. The molecule has 0 spiro atoms. The van der Waals surface area contributed by atoms with Crippen molar-refractivity contribution in [2.24, 2.45) is 0 Å². The normalized spacial score (nSPS) is 8.91. The van der Waals surface area contributed by atoms with Crippen LogP contribution in [-0.2, 0) is 34.6 Å². The van der Waals surface area contributed by atoms with E-state index in [9.17, 15) is 0 Å². The van der Waals surface area contributed by atoms with E-state index in [-0.39, 0.29) is 21.7 Å². The van der Waals surface area contributed by atoms with E-state index in [1.807, 2.05) is 0 Å². The Balaban J connectivity index is 0. The van der Waals surface area contributed by atoms with E-state index in [4.69, 9.17) is 0 Å². The first-order chi connectivity index (χ1) is 10.3. The van der Waals surface area contributed by atoms with E-state index in [1.165, 1.54) is 49.7 Å². The third-order valence-electron chi connectivity index (χ3n) is 3.10. The third kappa shape index (κ3) is 14.6. The van der Waals surface area contributed by atoms with Gasteiger partial charge < -0.3 is 0 Å². The van der Waals surface area contributed by atoms with Crippen molar-refractivity contribution in [3.63, 3.8) is 0 Å². The fourth-order valence-corrected chi connectivity index (χ4v) is 1.92. The molecule has 0 amide bonds. The molecule has 0 atom stereocenters. The summed E-state index contributed by atoms with van der Waals surface area (Å²) >= 11 is 0. The van der Waals surface area contributed by atoms with Gasteiger partial charge >= 0.3 is 21.7 Å². The number of hydrogen-bond donors (Lipinski definition) is 0. The van der Waals surface area contributed by atoms with E-state index in [0.717, 1.165) is 9.52 Å². The number of hydrogen-bond acceptors (Lipinski definition) is 0. The first-order valence-corrected chi connectivity index (χ1v) is 10.7. The summed E-state index contributed by atoms with van der Waals surface area (Å²) in [5.41, 5.74) is 2.97. The molecule has 0 aliphatic rings. The van der Waals surface area contributed by atoms with Crippen LogP contribution in [0.4, 0.5) is 0 Å². The average molecular weight is 349 g/mol. The van der Waals surface area contributed by atoms with Gasteiger partial charge in [-0.15, -0.1) is 0 Å². The number of rotatable bonds is 6. The molecule has 121 valence electrons. The van der Waals surface area contributed by atoms with Crippen LogP contribution in [0, 0.1) is 0 Å². The van der Waals surface area contributed by atoms with E-state index in [1.54, 1.807) is 0 Å². The molecule has 2 aromatic carbocycles. The Bertz CT molecular complexity index is 338. The molecule has 0 aliphatic heterocycles. The van der Waals surface area contributed by atoms with Gasteiger partial charge in [0, 0.05) is 9.52 Å². The molecule has 2 rings (SSSR count). The molecular formula is C20H33SiTi. The molecule has 1 radical (unpaired) electrons. The van der Waals surface area contributed by atoms with Crippen LogP contribution in [-0.4, -0.2) is 9.52 Å². The van der Waals surface area contributed by atoms with Gasteiger partial charge in [0.25, 0.3) is 0 Å². The van der Waals surface area contributed by atoms with Gasteiger partial charge in [0.05, 0.1) is 0 Å². The van der Waals surface area contributed by atoms with E-state index < -0.39 is 0 Å². The molecule has 0 aromatic heterocycles. The minimum Gasteiger partial charge on any atom is -0.213 e. The molecule has 0 aliphatic carbocycles. The Hall–Kier alpha value is -0.369. The molecule has 2 heteroatoms. The van der Waals surface area contributed by atoms with Gasteiger partial charge in [0.2, 0.25) is 0 Å². The summed E-state index contributed by atoms with van der Waals surface area (Å²) in [4.78, 5) is 0. The molecule has 0 N–H and O–H groups in total. The maximum absolute atomic E-state index is 2.23. The van der Waals surface area contributed by atoms with E-state index in [2.05, 4.69) is 75.5 Å². The van der Waals surface area contributed by atoms with Gasteiger partial charge in [-0.2, -0.15) is 35.4 Å². The van der Waals surface area contributed by atoms with E-state index >= 15 is 0 Å². The monoisotopic (exact) mass is 349 g/mol. The smallest absolute Gasteiger partial charge is 0.213 e. The minimum absolute atomic E-state index is 0. The van der Waals surface area contributed by atoms with Crippen LogP contribution in [0.1, 0.15) is 50.7 Å². The molecule has 0 fully saturated rings. The SMILES string of the molecule is CCCC[c-]1cccc1.CCCC[c-]1cccc1.C[SiH]C.[Ti+2]. The summed E-state index contributed by atoms with van der Waals surface area (Å²) in [7, 11) is 0.750. The van der Waals surface area contributed by atoms with Crippen LogP contribution >= 0.6 is 0 Å². The Morgan fingerprint density at radius 1 is 0.682 bits per heavy atom. The van der Waals surface area contributed by atoms with Crippen molar-refractivity contribution in [1.82, 2.24) is 0 Å². The standard InChI is InChI=1S/2C9H13.C2H7Si.Ti/c2*1-2-3-6-9-7-4-5-8-9;1-3-2;/h2*4-5,7-8H,2-3,6H2,1H3;3H,1-2H3;/q2*-1;;+2. The maximum Gasteiger partial charge on any atom is 2.00 e. The maximum atomic E-state index is 2.23. The van der Waals surface area contributed by atoms with Gasteiger partial charge in [-0.3, -0.25) is 0 Å². The molecule has 0 bridgehead atoms. The van der Waals surface area contributed by atoms with Crippen molar-refractivity contribution in [2.75, 3.05) is 0 Å². The molecule has 0 nitrogen and oxygen atoms in total. The first kappa shape index (κ1) is 23.9. The topological polar surface area (TPSA) is 0 Å². The van der Waals surface area contributed by atoms with Crippen molar-refractivity contribution in [3.8, 4) is 0 Å². The minimum atomic E-state index is 0. The van der Waals surface area contributed by atoms with Gasteiger partial charge in [-0.1, -0.05) is 65.5 Å². The third-order valence-corrected chi connectivity index (χ3v) is 3.10. The van der Waals surface area contributed by atoms with Gasteiger partial charge in [0.1, 0.15) is 0 Å². The predicted octanol–water partition coefficient (Wildman–Crippen LogP) is 6.01. The Kier molecular flexibility index (Phi) is 20.3. The molecule has 22 heavy (non-hydrogen) atoms. The second-order valence-electron chi connectivity index (χ2n) is 5.37. The van der Waals surface area contributed by atoms with Crippen molar-refractivity contribution >= 4 is 9.52 Å². The van der Waals surface area contributed by atoms with Crippen molar-refractivity contribution in [3.05, 3.63) is 59.7 Å². The molecule has 0 heterocycles. The van der Waals surface area contributed by atoms with Crippen molar-refractivity contribution in [2.45, 2.75) is 65.5 Å². The quantitative estimate of drug-likeness (QED) is 0.442. The summed E-state index contributed by atoms with van der Waals surface area (Å²) in [6.45, 7) is 8.87. The zero-order valence-electron chi connectivity index (χ0n) is 14.9. The Morgan fingerprint density at radius 2 is 0.955 bits per heavy atom. The fraction of sp³-hybridized carbons (Fsp3) is 0.500. The van der Waals surface area contributed by atoms with Crippen LogP contribution in [0.15, 0.2) is 48.5 Å². The van der Waals surface area contributed by atoms with Crippen LogP contribution in [0.5, 0.6) is 0 Å². The second kappa shape index (κ2) is 18.7. The van der Waals surface area contributed by atoms with Gasteiger partial charge in [0.15, 0.2) is 0 Å². The van der Waals surface area contributed by atoms with Crippen LogP contribution in [0.3, 0.4) is 0 Å². The molecule has 0 saturated carbocycles. The molecule has 0 saturated heterocycles. The Morgan fingerprint density at radius 3 is 1.18 bits per heavy atom. The predicted molar refractivity (Wildman–Crippen MR) is 100 cm³/mol. The summed E-state index contributed by atoms with van der Waals surface area (Å²) in [6, 6.07) is 17.2. The first-order valence-electron chi connectivity index (χ1n) is 8.43. The molecule has 0 unspecified atom stereocenters. The number of aryl methyl sites for hydroxylation is 2.